The van der Waals surface area contributed by atoms with Gasteiger partial charge in [0.1, 0.15) is 23.9 Å². The van der Waals surface area contributed by atoms with Crippen molar-refractivity contribution in [1.82, 2.24) is 0 Å². The first-order valence-electron chi connectivity index (χ1n) is 12.9. The SMILES string of the molecule is Cc1cc(OCCCS(C)=O)cc(C)c1-c1cc(COc2ccc3c(c2)OCC3CC(=O)O)c2c(c1)OCO2. The molecule has 0 radical (unpaired) electrons. The number of rotatable bonds is 11. The molecule has 3 aromatic carbocycles. The molecule has 1 N–H and O–H groups in total. The molecule has 3 aromatic rings. The molecule has 0 spiro atoms. The minimum absolute atomic E-state index is 0.0381. The van der Waals surface area contributed by atoms with Gasteiger partial charge in [-0.1, -0.05) is 6.07 Å². The van der Waals surface area contributed by atoms with Crippen LogP contribution in [0.1, 0.15) is 41.0 Å². The number of hydrogen-bond donors (Lipinski definition) is 1. The first kappa shape index (κ1) is 26.9. The second-order valence-electron chi connectivity index (χ2n) is 9.87. The average molecular weight is 553 g/mol. The van der Waals surface area contributed by atoms with Gasteiger partial charge in [-0.05, 0) is 72.9 Å². The van der Waals surface area contributed by atoms with E-state index in [9.17, 15) is 9.00 Å². The van der Waals surface area contributed by atoms with Crippen molar-refractivity contribution in [3.8, 4) is 39.9 Å². The van der Waals surface area contributed by atoms with Gasteiger partial charge in [-0.2, -0.15) is 0 Å². The number of ether oxygens (including phenoxy) is 5. The minimum atomic E-state index is -0.842. The molecule has 2 aliphatic rings. The number of carboxylic acids is 1. The highest BCUT2D eigenvalue weighted by Gasteiger charge is 2.27. The highest BCUT2D eigenvalue weighted by molar-refractivity contribution is 7.84. The molecule has 206 valence electrons. The second-order valence-corrected chi connectivity index (χ2v) is 11.4. The summed E-state index contributed by atoms with van der Waals surface area (Å²) in [5, 5.41) is 9.14. The molecule has 0 bridgehead atoms. The summed E-state index contributed by atoms with van der Waals surface area (Å²) in [5.74, 6) is 3.06. The van der Waals surface area contributed by atoms with E-state index in [2.05, 4.69) is 19.9 Å². The topological polar surface area (TPSA) is 101 Å². The molecule has 0 aromatic heterocycles. The Morgan fingerprint density at radius 1 is 1.00 bits per heavy atom. The van der Waals surface area contributed by atoms with Gasteiger partial charge in [0.05, 0.1) is 19.6 Å². The molecule has 2 aliphatic heterocycles. The molecule has 2 unspecified atom stereocenters. The molecular weight excluding hydrogens is 520 g/mol. The van der Waals surface area contributed by atoms with Gasteiger partial charge in [0.15, 0.2) is 11.5 Å². The van der Waals surface area contributed by atoms with E-state index < -0.39 is 16.8 Å². The van der Waals surface area contributed by atoms with Crippen LogP contribution < -0.4 is 23.7 Å². The number of benzene rings is 3. The molecular formula is C30H32O8S. The first-order chi connectivity index (χ1) is 18.8. The van der Waals surface area contributed by atoms with Crippen molar-refractivity contribution in [2.75, 3.05) is 32.0 Å². The van der Waals surface area contributed by atoms with Crippen molar-refractivity contribution in [3.05, 3.63) is 64.7 Å². The van der Waals surface area contributed by atoms with Crippen LogP contribution in [0.25, 0.3) is 11.1 Å². The fraction of sp³-hybridized carbons (Fsp3) is 0.367. The van der Waals surface area contributed by atoms with Crippen LogP contribution in [0.15, 0.2) is 42.5 Å². The minimum Gasteiger partial charge on any atom is -0.494 e. The maximum atomic E-state index is 11.3. The van der Waals surface area contributed by atoms with E-state index in [-0.39, 0.29) is 25.7 Å². The van der Waals surface area contributed by atoms with E-state index in [1.807, 2.05) is 36.4 Å². The smallest absolute Gasteiger partial charge is 0.304 e. The number of fused-ring (bicyclic) bond motifs is 2. The van der Waals surface area contributed by atoms with E-state index >= 15 is 0 Å². The summed E-state index contributed by atoms with van der Waals surface area (Å²) >= 11 is 0. The van der Waals surface area contributed by atoms with E-state index in [1.165, 1.54) is 0 Å². The molecule has 5 rings (SSSR count). The Balaban J connectivity index is 1.34. The van der Waals surface area contributed by atoms with E-state index in [4.69, 9.17) is 28.8 Å². The molecule has 0 aliphatic carbocycles. The summed E-state index contributed by atoms with van der Waals surface area (Å²) in [6.45, 7) is 5.40. The van der Waals surface area contributed by atoms with Crippen molar-refractivity contribution >= 4 is 16.8 Å². The fourth-order valence-electron chi connectivity index (χ4n) is 5.14. The van der Waals surface area contributed by atoms with Gasteiger partial charge in [0.25, 0.3) is 0 Å². The summed E-state index contributed by atoms with van der Waals surface area (Å²) in [6.07, 6.45) is 2.48. The third kappa shape index (κ3) is 6.14. The van der Waals surface area contributed by atoms with Crippen LogP contribution in [0.4, 0.5) is 0 Å². The standard InChI is InChI=1S/C30H32O8S/c1-18-9-24(34-7-4-8-39(3)33)10-19(2)29(18)20-11-22(30-27(12-20)37-17-38-30)16-35-23-5-6-25-21(13-28(31)32)15-36-26(25)14-23/h5-6,9-12,14,21H,4,7-8,13,15-17H2,1-3H3,(H,31,32). The van der Waals surface area contributed by atoms with Gasteiger partial charge in [-0.3, -0.25) is 9.00 Å². The Kier molecular flexibility index (Phi) is 7.97. The Morgan fingerprint density at radius 2 is 1.79 bits per heavy atom. The third-order valence-corrected chi connectivity index (χ3v) is 7.73. The summed E-state index contributed by atoms with van der Waals surface area (Å²) in [7, 11) is -0.819. The predicted octanol–water partition coefficient (Wildman–Crippen LogP) is 5.38. The van der Waals surface area contributed by atoms with Crippen LogP contribution >= 0.6 is 0 Å². The zero-order chi connectivity index (χ0) is 27.5. The van der Waals surface area contributed by atoms with E-state index in [0.29, 0.717) is 42.0 Å². The van der Waals surface area contributed by atoms with Crippen LogP contribution in [-0.2, 0) is 22.2 Å². The normalized spacial score (nSPS) is 15.9. The average Bonchev–Trinajstić information content (AvgIpc) is 3.51. The lowest BCUT2D eigenvalue weighted by Gasteiger charge is -2.16. The number of aryl methyl sites for hydroxylation is 2. The van der Waals surface area contributed by atoms with Gasteiger partial charge in [-0.25, -0.2) is 0 Å². The second kappa shape index (κ2) is 11.6. The maximum Gasteiger partial charge on any atom is 0.304 e. The third-order valence-electron chi connectivity index (χ3n) is 6.87. The van der Waals surface area contributed by atoms with Gasteiger partial charge in [-0.15, -0.1) is 0 Å². The molecule has 0 amide bonds. The first-order valence-corrected chi connectivity index (χ1v) is 14.6. The molecule has 2 atom stereocenters. The van der Waals surface area contributed by atoms with Crippen LogP contribution in [0.2, 0.25) is 0 Å². The molecule has 8 nitrogen and oxygen atoms in total. The van der Waals surface area contributed by atoms with Gasteiger partial charge in [0, 0.05) is 45.9 Å². The van der Waals surface area contributed by atoms with Crippen LogP contribution in [-0.4, -0.2) is 47.3 Å². The van der Waals surface area contributed by atoms with E-state index in [1.54, 1.807) is 6.26 Å². The Morgan fingerprint density at radius 3 is 2.54 bits per heavy atom. The molecule has 39 heavy (non-hydrogen) atoms. The predicted molar refractivity (Wildman–Crippen MR) is 148 cm³/mol. The maximum absolute atomic E-state index is 11.3. The number of aliphatic carboxylic acids is 1. The van der Waals surface area contributed by atoms with E-state index in [0.717, 1.165) is 45.6 Å². The number of hydrogen-bond acceptors (Lipinski definition) is 7. The summed E-state index contributed by atoms with van der Waals surface area (Å²) < 4.78 is 40.6. The molecule has 0 fully saturated rings. The summed E-state index contributed by atoms with van der Waals surface area (Å²) in [5.41, 5.74) is 5.98. The number of carboxylic acid groups (broad SMARTS) is 1. The van der Waals surface area contributed by atoms with Crippen LogP contribution in [0, 0.1) is 13.8 Å². The lowest BCUT2D eigenvalue weighted by molar-refractivity contribution is -0.137. The summed E-state index contributed by atoms with van der Waals surface area (Å²) in [6, 6.07) is 13.6. The molecule has 2 heterocycles. The van der Waals surface area contributed by atoms with Crippen LogP contribution in [0.3, 0.4) is 0 Å². The van der Waals surface area contributed by atoms with Gasteiger partial charge >= 0.3 is 5.97 Å². The zero-order valence-electron chi connectivity index (χ0n) is 22.3. The van der Waals surface area contributed by atoms with Gasteiger partial charge < -0.3 is 28.8 Å². The van der Waals surface area contributed by atoms with Crippen molar-refractivity contribution in [2.24, 2.45) is 0 Å². The molecule has 0 saturated heterocycles. The van der Waals surface area contributed by atoms with Crippen molar-refractivity contribution in [1.29, 1.82) is 0 Å². The number of carbonyl (C=O) groups is 1. The zero-order valence-corrected chi connectivity index (χ0v) is 23.1. The Bertz CT molecular complexity index is 1390. The highest BCUT2D eigenvalue weighted by atomic mass is 32.2. The largest absolute Gasteiger partial charge is 0.494 e. The quantitative estimate of drug-likeness (QED) is 0.317. The lowest BCUT2D eigenvalue weighted by atomic mass is 9.93. The van der Waals surface area contributed by atoms with Crippen molar-refractivity contribution in [2.45, 2.75) is 39.2 Å². The van der Waals surface area contributed by atoms with Crippen molar-refractivity contribution in [3.63, 3.8) is 0 Å². The van der Waals surface area contributed by atoms with Crippen molar-refractivity contribution < 1.29 is 37.8 Å². The lowest BCUT2D eigenvalue weighted by Crippen LogP contribution is -2.07. The Hall–Kier alpha value is -3.72. The highest BCUT2D eigenvalue weighted by Crippen LogP contribution is 2.43. The van der Waals surface area contributed by atoms with Gasteiger partial charge in [0.2, 0.25) is 6.79 Å². The fourth-order valence-corrected chi connectivity index (χ4v) is 5.66. The van der Waals surface area contributed by atoms with Crippen LogP contribution in [0.5, 0.6) is 28.7 Å². The molecule has 9 heteroatoms. The summed E-state index contributed by atoms with van der Waals surface area (Å²) in [4.78, 5) is 11.1. The Labute approximate surface area is 230 Å². The molecule has 0 saturated carbocycles. The monoisotopic (exact) mass is 552 g/mol.